The van der Waals surface area contributed by atoms with Gasteiger partial charge in [-0.15, -0.1) is 0 Å². The van der Waals surface area contributed by atoms with Crippen molar-refractivity contribution in [3.63, 3.8) is 0 Å². The zero-order valence-corrected chi connectivity index (χ0v) is 14.7. The first-order valence-electron chi connectivity index (χ1n) is 7.02. The smallest absolute Gasteiger partial charge is 0.263 e. The lowest BCUT2D eigenvalue weighted by molar-refractivity contribution is -0.141. The monoisotopic (exact) mass is 352 g/mol. The maximum Gasteiger partial charge on any atom is 0.263 e. The molecule has 7 heteroatoms. The van der Waals surface area contributed by atoms with Gasteiger partial charge in [0.2, 0.25) is 5.91 Å². The number of thiocarbonyl (C=S) groups is 1. The van der Waals surface area contributed by atoms with Crippen LogP contribution in [-0.2, 0) is 9.59 Å². The van der Waals surface area contributed by atoms with E-state index in [9.17, 15) is 9.59 Å². The van der Waals surface area contributed by atoms with Crippen LogP contribution in [0.4, 0.5) is 5.69 Å². The number of carbonyl (C=O) groups is 2. The van der Waals surface area contributed by atoms with Gasteiger partial charge in [-0.2, -0.15) is 0 Å². The standard InChI is InChI=1S/C16H17ClN2O3S/c1-9-7-8-19(10(2)20)16(21)13(9)15(23)18-12-6-4-5-11(17)14(12)22-3/h4-6H,7-8H2,1-3H3,(H,18,23). The number of imide groups is 1. The third kappa shape index (κ3) is 3.54. The van der Waals surface area contributed by atoms with Gasteiger partial charge in [0.15, 0.2) is 5.75 Å². The fourth-order valence-corrected chi connectivity index (χ4v) is 3.04. The van der Waals surface area contributed by atoms with Crippen LogP contribution in [-0.4, -0.2) is 35.4 Å². The number of amides is 2. The molecule has 122 valence electrons. The summed E-state index contributed by atoms with van der Waals surface area (Å²) in [6.07, 6.45) is 0.606. The molecule has 1 aliphatic heterocycles. The van der Waals surface area contributed by atoms with Gasteiger partial charge in [0, 0.05) is 13.5 Å². The van der Waals surface area contributed by atoms with E-state index in [1.807, 2.05) is 6.92 Å². The van der Waals surface area contributed by atoms with E-state index in [2.05, 4.69) is 5.32 Å². The third-order valence-corrected chi connectivity index (χ3v) is 4.23. The Balaban J connectivity index is 2.32. The molecule has 0 aromatic heterocycles. The second-order valence-corrected chi connectivity index (χ2v) is 5.97. The Hall–Kier alpha value is -1.92. The van der Waals surface area contributed by atoms with Crippen LogP contribution < -0.4 is 10.1 Å². The molecule has 23 heavy (non-hydrogen) atoms. The molecule has 1 aliphatic rings. The Bertz CT molecular complexity index is 715. The number of benzene rings is 1. The van der Waals surface area contributed by atoms with Crippen molar-refractivity contribution >= 4 is 46.3 Å². The van der Waals surface area contributed by atoms with E-state index in [0.717, 1.165) is 5.57 Å². The van der Waals surface area contributed by atoms with Crippen LogP contribution in [0.15, 0.2) is 29.3 Å². The summed E-state index contributed by atoms with van der Waals surface area (Å²) in [6, 6.07) is 5.20. The molecule has 5 nitrogen and oxygen atoms in total. The average molecular weight is 353 g/mol. The maximum atomic E-state index is 12.5. The quantitative estimate of drug-likeness (QED) is 0.847. The van der Waals surface area contributed by atoms with Gasteiger partial charge < -0.3 is 10.1 Å². The fourth-order valence-electron chi connectivity index (χ4n) is 2.41. The molecule has 0 radical (unpaired) electrons. The molecule has 0 bridgehead atoms. The summed E-state index contributed by atoms with van der Waals surface area (Å²) in [5, 5.41) is 3.43. The number of para-hydroxylation sites is 1. The van der Waals surface area contributed by atoms with Gasteiger partial charge in [-0.3, -0.25) is 14.5 Å². The van der Waals surface area contributed by atoms with Gasteiger partial charge in [-0.25, -0.2) is 0 Å². The molecule has 0 unspecified atom stereocenters. The molecule has 2 amide bonds. The molecule has 1 aromatic rings. The number of carbonyl (C=O) groups excluding carboxylic acids is 2. The molecule has 0 atom stereocenters. The van der Waals surface area contributed by atoms with Crippen LogP contribution in [0.5, 0.6) is 5.75 Å². The molecule has 1 heterocycles. The second kappa shape index (κ2) is 7.10. The highest BCUT2D eigenvalue weighted by Crippen LogP contribution is 2.33. The highest BCUT2D eigenvalue weighted by atomic mass is 35.5. The summed E-state index contributed by atoms with van der Waals surface area (Å²) in [7, 11) is 1.50. The Morgan fingerprint density at radius 3 is 2.74 bits per heavy atom. The van der Waals surface area contributed by atoms with Crippen molar-refractivity contribution in [2.24, 2.45) is 0 Å². The molecule has 0 saturated heterocycles. The van der Waals surface area contributed by atoms with Crippen molar-refractivity contribution in [1.29, 1.82) is 0 Å². The predicted octanol–water partition coefficient (Wildman–Crippen LogP) is 3.18. The van der Waals surface area contributed by atoms with E-state index in [0.29, 0.717) is 35.0 Å². The summed E-state index contributed by atoms with van der Waals surface area (Å²) in [4.78, 5) is 25.5. The van der Waals surface area contributed by atoms with Crippen LogP contribution in [0.3, 0.4) is 0 Å². The lowest BCUT2D eigenvalue weighted by Gasteiger charge is -2.27. The lowest BCUT2D eigenvalue weighted by atomic mass is 10.00. The molecule has 0 saturated carbocycles. The molecule has 1 N–H and O–H groups in total. The largest absolute Gasteiger partial charge is 0.493 e. The SMILES string of the molecule is COc1c(Cl)cccc1NC(=S)C1=C(C)CCN(C(C)=O)C1=O. The summed E-state index contributed by atoms with van der Waals surface area (Å²) in [5.74, 6) is -0.218. The Labute approximate surface area is 145 Å². The molecular weight excluding hydrogens is 336 g/mol. The van der Waals surface area contributed by atoms with Crippen LogP contribution in [0.1, 0.15) is 20.3 Å². The van der Waals surface area contributed by atoms with E-state index in [4.69, 9.17) is 28.6 Å². The summed E-state index contributed by atoms with van der Waals surface area (Å²) in [5.41, 5.74) is 1.77. The van der Waals surface area contributed by atoms with Crippen molar-refractivity contribution < 1.29 is 14.3 Å². The zero-order chi connectivity index (χ0) is 17.1. The topological polar surface area (TPSA) is 58.6 Å². The number of methoxy groups -OCH3 is 1. The molecule has 0 fully saturated rings. The van der Waals surface area contributed by atoms with Crippen molar-refractivity contribution in [3.8, 4) is 5.75 Å². The molecule has 0 spiro atoms. The third-order valence-electron chi connectivity index (χ3n) is 3.62. The minimum atomic E-state index is -0.375. The average Bonchev–Trinajstić information content (AvgIpc) is 2.47. The van der Waals surface area contributed by atoms with Gasteiger partial charge in [0.1, 0.15) is 4.99 Å². The number of nitrogens with zero attached hydrogens (tertiary/aromatic N) is 1. The Morgan fingerprint density at radius 1 is 1.43 bits per heavy atom. The molecule has 0 aliphatic carbocycles. The number of rotatable bonds is 3. The Kier molecular flexibility index (Phi) is 5.38. The van der Waals surface area contributed by atoms with Crippen molar-refractivity contribution in [3.05, 3.63) is 34.4 Å². The summed E-state index contributed by atoms with van der Waals surface area (Å²) in [6.45, 7) is 3.59. The minimum absolute atomic E-state index is 0.249. The van der Waals surface area contributed by atoms with E-state index in [1.165, 1.54) is 18.9 Å². The number of nitrogens with one attached hydrogen (secondary N) is 1. The van der Waals surface area contributed by atoms with Crippen LogP contribution in [0, 0.1) is 0 Å². The molecule has 2 rings (SSSR count). The Morgan fingerprint density at radius 2 is 2.13 bits per heavy atom. The maximum absolute atomic E-state index is 12.5. The normalized spacial score (nSPS) is 14.8. The summed E-state index contributed by atoms with van der Waals surface area (Å²) < 4.78 is 5.26. The van der Waals surface area contributed by atoms with E-state index >= 15 is 0 Å². The fraction of sp³-hybridized carbons (Fsp3) is 0.312. The first-order valence-corrected chi connectivity index (χ1v) is 7.81. The van der Waals surface area contributed by atoms with E-state index in [-0.39, 0.29) is 16.8 Å². The molecular formula is C16H17ClN2O3S. The summed E-state index contributed by atoms with van der Waals surface area (Å²) >= 11 is 11.5. The van der Waals surface area contributed by atoms with Crippen molar-refractivity contribution in [1.82, 2.24) is 4.90 Å². The van der Waals surface area contributed by atoms with Crippen molar-refractivity contribution in [2.75, 3.05) is 19.0 Å². The first-order chi connectivity index (χ1) is 10.9. The highest BCUT2D eigenvalue weighted by molar-refractivity contribution is 7.81. The van der Waals surface area contributed by atoms with Gasteiger partial charge in [-0.1, -0.05) is 35.5 Å². The lowest BCUT2D eigenvalue weighted by Crippen LogP contribution is -2.42. The zero-order valence-electron chi connectivity index (χ0n) is 13.1. The number of ether oxygens (including phenoxy) is 1. The second-order valence-electron chi connectivity index (χ2n) is 5.16. The number of anilines is 1. The van der Waals surface area contributed by atoms with Crippen LogP contribution in [0.25, 0.3) is 0 Å². The van der Waals surface area contributed by atoms with E-state index in [1.54, 1.807) is 18.2 Å². The van der Waals surface area contributed by atoms with Crippen LogP contribution in [0.2, 0.25) is 5.02 Å². The number of halogens is 1. The van der Waals surface area contributed by atoms with Gasteiger partial charge in [0.05, 0.1) is 23.4 Å². The van der Waals surface area contributed by atoms with Crippen LogP contribution >= 0.6 is 23.8 Å². The minimum Gasteiger partial charge on any atom is -0.493 e. The molecule has 1 aromatic carbocycles. The van der Waals surface area contributed by atoms with Crippen molar-refractivity contribution in [2.45, 2.75) is 20.3 Å². The van der Waals surface area contributed by atoms with Gasteiger partial charge in [0.25, 0.3) is 5.91 Å². The van der Waals surface area contributed by atoms with Gasteiger partial charge >= 0.3 is 0 Å². The van der Waals surface area contributed by atoms with Gasteiger partial charge in [-0.05, 0) is 25.5 Å². The number of hydrogen-bond acceptors (Lipinski definition) is 4. The predicted molar refractivity (Wildman–Crippen MR) is 93.9 cm³/mol. The first kappa shape index (κ1) is 17.4. The highest BCUT2D eigenvalue weighted by Gasteiger charge is 2.30. The van der Waals surface area contributed by atoms with E-state index < -0.39 is 0 Å². The number of hydrogen-bond donors (Lipinski definition) is 1.